The lowest BCUT2D eigenvalue weighted by Gasteiger charge is -2.43. The lowest BCUT2D eigenvalue weighted by Crippen LogP contribution is -2.45. The summed E-state index contributed by atoms with van der Waals surface area (Å²) >= 11 is 0. The summed E-state index contributed by atoms with van der Waals surface area (Å²) in [4.78, 5) is 16.2. The maximum absolute atomic E-state index is 9.93. The normalized spacial score (nSPS) is 21.6. The number of hydrogen-bond acceptors (Lipinski definition) is 6. The fourth-order valence-corrected chi connectivity index (χ4v) is 5.15. The van der Waals surface area contributed by atoms with Gasteiger partial charge in [0.05, 0.1) is 31.0 Å². The second-order valence-electron chi connectivity index (χ2n) is 8.29. The summed E-state index contributed by atoms with van der Waals surface area (Å²) in [7, 11) is 0. The highest BCUT2D eigenvalue weighted by Crippen LogP contribution is 2.51. The van der Waals surface area contributed by atoms with Crippen LogP contribution < -0.4 is 10.6 Å². The predicted molar refractivity (Wildman–Crippen MR) is 113 cm³/mol. The van der Waals surface area contributed by atoms with E-state index in [1.165, 1.54) is 11.1 Å². The van der Waals surface area contributed by atoms with Crippen LogP contribution in [0, 0.1) is 17.8 Å². The molecule has 1 aliphatic carbocycles. The number of fused-ring (bicyclic) bond motifs is 2. The van der Waals surface area contributed by atoms with Crippen LogP contribution in [0.2, 0.25) is 0 Å². The number of nitrogens with two attached hydrogens (primary N) is 1. The molecule has 3 aliphatic rings. The Morgan fingerprint density at radius 1 is 1.24 bits per heavy atom. The molecule has 6 heteroatoms. The number of aliphatic hydroxyl groups is 1. The zero-order valence-electron chi connectivity index (χ0n) is 16.4. The largest absolute Gasteiger partial charge is 0.390 e. The molecule has 0 amide bonds. The molecule has 0 unspecified atom stereocenters. The van der Waals surface area contributed by atoms with Crippen molar-refractivity contribution in [3.05, 3.63) is 52.5 Å². The van der Waals surface area contributed by atoms with Crippen molar-refractivity contribution in [3.63, 3.8) is 0 Å². The van der Waals surface area contributed by atoms with E-state index in [4.69, 9.17) is 17.1 Å². The van der Waals surface area contributed by atoms with E-state index in [0.717, 1.165) is 55.3 Å². The van der Waals surface area contributed by atoms with Crippen LogP contribution in [0.5, 0.6) is 0 Å². The Morgan fingerprint density at radius 3 is 2.76 bits per heavy atom. The number of anilines is 1. The SMILES string of the molecule is C#CCC1=NCc2nc(N3CCC4(CC3)Cc3ccccc3[C@H]4N)c(CO)nc21. The first-order valence-electron chi connectivity index (χ1n) is 10.2. The highest BCUT2D eigenvalue weighted by molar-refractivity contribution is 6.03. The number of nitrogens with zero attached hydrogens (tertiary/aromatic N) is 4. The first-order chi connectivity index (χ1) is 14.1. The molecule has 2 aromatic rings. The second-order valence-corrected chi connectivity index (χ2v) is 8.29. The molecular weight excluding hydrogens is 362 g/mol. The zero-order valence-corrected chi connectivity index (χ0v) is 16.4. The summed E-state index contributed by atoms with van der Waals surface area (Å²) in [6.45, 7) is 2.09. The third kappa shape index (κ3) is 2.85. The van der Waals surface area contributed by atoms with Crippen molar-refractivity contribution >= 4 is 11.5 Å². The number of benzene rings is 1. The minimum atomic E-state index is -0.147. The number of aromatic nitrogens is 2. The smallest absolute Gasteiger partial charge is 0.153 e. The van der Waals surface area contributed by atoms with E-state index in [0.29, 0.717) is 18.7 Å². The van der Waals surface area contributed by atoms with Crippen molar-refractivity contribution in [2.24, 2.45) is 16.1 Å². The fraction of sp³-hybridized carbons (Fsp3) is 0.435. The van der Waals surface area contributed by atoms with E-state index in [-0.39, 0.29) is 18.1 Å². The molecule has 0 bridgehead atoms. The third-order valence-electron chi connectivity index (χ3n) is 6.78. The van der Waals surface area contributed by atoms with E-state index < -0.39 is 0 Å². The highest BCUT2D eigenvalue weighted by atomic mass is 16.3. The molecule has 1 aromatic heterocycles. The van der Waals surface area contributed by atoms with Crippen molar-refractivity contribution < 1.29 is 5.11 Å². The Balaban J connectivity index is 1.38. The maximum Gasteiger partial charge on any atom is 0.153 e. The van der Waals surface area contributed by atoms with Crippen LogP contribution in [0.25, 0.3) is 0 Å². The van der Waals surface area contributed by atoms with Crippen molar-refractivity contribution in [2.45, 2.75) is 44.9 Å². The fourth-order valence-electron chi connectivity index (χ4n) is 5.15. The van der Waals surface area contributed by atoms with Gasteiger partial charge in [-0.15, -0.1) is 12.3 Å². The topological polar surface area (TPSA) is 87.6 Å². The quantitative estimate of drug-likeness (QED) is 0.788. The first kappa shape index (κ1) is 18.3. The van der Waals surface area contributed by atoms with Crippen molar-refractivity contribution in [2.75, 3.05) is 18.0 Å². The van der Waals surface area contributed by atoms with Gasteiger partial charge in [-0.25, -0.2) is 9.97 Å². The summed E-state index contributed by atoms with van der Waals surface area (Å²) in [6.07, 6.45) is 8.93. The molecule has 1 fully saturated rings. The monoisotopic (exact) mass is 387 g/mol. The molecule has 148 valence electrons. The van der Waals surface area contributed by atoms with Gasteiger partial charge in [-0.1, -0.05) is 24.3 Å². The number of rotatable bonds is 3. The van der Waals surface area contributed by atoms with Crippen LogP contribution in [0.1, 0.15) is 53.5 Å². The number of piperidine rings is 1. The van der Waals surface area contributed by atoms with Crippen LogP contribution >= 0.6 is 0 Å². The van der Waals surface area contributed by atoms with Crippen LogP contribution in [0.4, 0.5) is 5.82 Å². The van der Waals surface area contributed by atoms with Crippen LogP contribution in [-0.2, 0) is 19.6 Å². The van der Waals surface area contributed by atoms with Crippen LogP contribution in [0.3, 0.4) is 0 Å². The van der Waals surface area contributed by atoms with Gasteiger partial charge in [0, 0.05) is 19.1 Å². The Bertz CT molecular complexity index is 1030. The molecule has 3 N–H and O–H groups in total. The first-order valence-corrected chi connectivity index (χ1v) is 10.2. The number of hydrogen-bond donors (Lipinski definition) is 2. The lowest BCUT2D eigenvalue weighted by molar-refractivity contribution is 0.186. The molecule has 0 saturated carbocycles. The molecule has 1 atom stereocenters. The van der Waals surface area contributed by atoms with Gasteiger partial charge in [0.2, 0.25) is 0 Å². The minimum Gasteiger partial charge on any atom is -0.390 e. The molecule has 29 heavy (non-hydrogen) atoms. The predicted octanol–water partition coefficient (Wildman–Crippen LogP) is 2.14. The Kier molecular flexibility index (Phi) is 4.38. The molecule has 5 rings (SSSR count). The average molecular weight is 387 g/mol. The van der Waals surface area contributed by atoms with E-state index in [9.17, 15) is 5.11 Å². The molecule has 1 aromatic carbocycles. The van der Waals surface area contributed by atoms with Crippen LogP contribution in [0.15, 0.2) is 29.3 Å². The van der Waals surface area contributed by atoms with Gasteiger partial charge in [-0.05, 0) is 35.8 Å². The summed E-state index contributed by atoms with van der Waals surface area (Å²) in [5.41, 5.74) is 12.5. The van der Waals surface area contributed by atoms with E-state index in [2.05, 4.69) is 45.1 Å². The van der Waals surface area contributed by atoms with Gasteiger partial charge in [-0.2, -0.15) is 0 Å². The van der Waals surface area contributed by atoms with Crippen molar-refractivity contribution in [1.82, 2.24) is 9.97 Å². The number of aliphatic hydroxyl groups excluding tert-OH is 1. The molecular formula is C23H25N5O. The van der Waals surface area contributed by atoms with E-state index in [1.54, 1.807) is 0 Å². The van der Waals surface area contributed by atoms with Gasteiger partial charge in [0.1, 0.15) is 11.4 Å². The molecule has 1 saturated heterocycles. The van der Waals surface area contributed by atoms with Crippen LogP contribution in [-0.4, -0.2) is 33.9 Å². The van der Waals surface area contributed by atoms with Gasteiger partial charge in [0.15, 0.2) is 5.82 Å². The number of terminal acetylenes is 1. The maximum atomic E-state index is 9.93. The third-order valence-corrected chi connectivity index (χ3v) is 6.78. The Labute approximate surface area is 170 Å². The van der Waals surface area contributed by atoms with Gasteiger partial charge >= 0.3 is 0 Å². The molecule has 2 aliphatic heterocycles. The minimum absolute atomic E-state index is 0.0870. The zero-order chi connectivity index (χ0) is 20.0. The lowest BCUT2D eigenvalue weighted by atomic mass is 9.73. The summed E-state index contributed by atoms with van der Waals surface area (Å²) in [6, 6.07) is 8.65. The number of aliphatic imine (C=N–C) groups is 1. The Hall–Kier alpha value is -2.75. The molecule has 1 spiro atoms. The van der Waals surface area contributed by atoms with Gasteiger partial charge in [0.25, 0.3) is 0 Å². The molecule has 0 radical (unpaired) electrons. The van der Waals surface area contributed by atoms with Crippen molar-refractivity contribution in [3.8, 4) is 12.3 Å². The van der Waals surface area contributed by atoms with Gasteiger partial charge in [-0.3, -0.25) is 4.99 Å². The van der Waals surface area contributed by atoms with E-state index in [1.807, 2.05) is 0 Å². The summed E-state index contributed by atoms with van der Waals surface area (Å²) in [5, 5.41) is 9.93. The molecule has 6 nitrogen and oxygen atoms in total. The second kappa shape index (κ2) is 6.94. The molecule has 3 heterocycles. The van der Waals surface area contributed by atoms with Crippen molar-refractivity contribution in [1.29, 1.82) is 0 Å². The summed E-state index contributed by atoms with van der Waals surface area (Å²) < 4.78 is 0. The highest BCUT2D eigenvalue weighted by Gasteiger charge is 2.46. The standard InChI is InChI=1S/C23H25N5O/c1-2-5-17-20-18(13-25-17)27-22(19(14-29)26-20)28-10-8-23(9-11-28)12-15-6-3-4-7-16(15)21(23)24/h1,3-4,6-7,21,29H,5,8-14,24H2/t21-/m1/s1. The Morgan fingerprint density at radius 2 is 2.03 bits per heavy atom. The van der Waals surface area contributed by atoms with E-state index >= 15 is 0 Å². The average Bonchev–Trinajstić information content (AvgIpc) is 3.27. The van der Waals surface area contributed by atoms with Gasteiger partial charge < -0.3 is 15.7 Å². The summed E-state index contributed by atoms with van der Waals surface area (Å²) in [5.74, 6) is 3.40.